The maximum absolute atomic E-state index is 12.0. The van der Waals surface area contributed by atoms with E-state index in [1.807, 2.05) is 24.7 Å². The third kappa shape index (κ3) is 3.58. The molecule has 1 atom stereocenters. The number of amides is 1. The van der Waals surface area contributed by atoms with Crippen molar-refractivity contribution in [3.05, 3.63) is 17.5 Å². The number of rotatable bonds is 5. The summed E-state index contributed by atoms with van der Waals surface area (Å²) in [5.41, 5.74) is 7.58. The second kappa shape index (κ2) is 5.93. The number of fused-ring (bicyclic) bond motifs is 1. The van der Waals surface area contributed by atoms with Gasteiger partial charge in [0, 0.05) is 23.2 Å². The van der Waals surface area contributed by atoms with Gasteiger partial charge in [0.2, 0.25) is 5.91 Å². The van der Waals surface area contributed by atoms with Crippen LogP contribution < -0.4 is 11.1 Å². The van der Waals surface area contributed by atoms with E-state index in [0.717, 1.165) is 30.5 Å². The minimum absolute atomic E-state index is 0.0149. The van der Waals surface area contributed by atoms with Crippen LogP contribution in [-0.2, 0) is 17.8 Å². The van der Waals surface area contributed by atoms with Crippen molar-refractivity contribution in [2.75, 3.05) is 6.61 Å². The van der Waals surface area contributed by atoms with Crippen LogP contribution in [-0.4, -0.2) is 32.9 Å². The molecule has 0 aliphatic heterocycles. The second-order valence-electron chi connectivity index (χ2n) is 6.17. The maximum atomic E-state index is 12.0. The summed E-state index contributed by atoms with van der Waals surface area (Å²) in [7, 11) is 0. The highest BCUT2D eigenvalue weighted by molar-refractivity contribution is 5.77. The van der Waals surface area contributed by atoms with Crippen molar-refractivity contribution in [2.24, 2.45) is 5.73 Å². The van der Waals surface area contributed by atoms with Gasteiger partial charge in [-0.3, -0.25) is 9.48 Å². The lowest BCUT2D eigenvalue weighted by Gasteiger charge is -2.26. The predicted octanol–water partition coefficient (Wildman–Crippen LogP) is 0.496. The maximum Gasteiger partial charge on any atom is 0.222 e. The average Bonchev–Trinajstić information content (AvgIpc) is 2.72. The third-order valence-corrected chi connectivity index (χ3v) is 3.53. The largest absolute Gasteiger partial charge is 0.394 e. The molecule has 0 saturated heterocycles. The van der Waals surface area contributed by atoms with Crippen LogP contribution >= 0.6 is 0 Å². The van der Waals surface area contributed by atoms with E-state index in [9.17, 15) is 4.79 Å². The Kier molecular flexibility index (Phi) is 4.45. The number of nitrogens with one attached hydrogen (secondary N) is 1. The minimum atomic E-state index is -0.497. The standard InChI is InChI=1S/C14H24N4O2/c1-14(2,15)8-13(20)17-11-4-3-5-12-10(11)9-16-18(12)6-7-19/h9,11,19H,3-8,15H2,1-2H3,(H,17,20). The van der Waals surface area contributed by atoms with Gasteiger partial charge < -0.3 is 16.2 Å². The number of carbonyl (C=O) groups excluding carboxylic acids is 1. The van der Waals surface area contributed by atoms with Crippen molar-refractivity contribution >= 4 is 5.91 Å². The molecule has 4 N–H and O–H groups in total. The van der Waals surface area contributed by atoms with Gasteiger partial charge in [0.05, 0.1) is 25.4 Å². The first-order valence-corrected chi connectivity index (χ1v) is 7.14. The molecule has 1 aromatic rings. The average molecular weight is 280 g/mol. The summed E-state index contributed by atoms with van der Waals surface area (Å²) in [6.07, 6.45) is 5.01. The summed E-state index contributed by atoms with van der Waals surface area (Å²) < 4.78 is 1.83. The highest BCUT2D eigenvalue weighted by Crippen LogP contribution is 2.29. The molecule has 1 aliphatic rings. The zero-order valence-electron chi connectivity index (χ0n) is 12.2. The molecular formula is C14H24N4O2. The summed E-state index contributed by atoms with van der Waals surface area (Å²) in [6.45, 7) is 4.27. The highest BCUT2D eigenvalue weighted by Gasteiger charge is 2.26. The number of nitrogens with two attached hydrogens (primary N) is 1. The number of aliphatic hydroxyl groups is 1. The van der Waals surface area contributed by atoms with Crippen molar-refractivity contribution in [3.63, 3.8) is 0 Å². The summed E-state index contributed by atoms with van der Waals surface area (Å²) in [6, 6.07) is 0.0149. The number of hydrogen-bond acceptors (Lipinski definition) is 4. The Morgan fingerprint density at radius 1 is 1.65 bits per heavy atom. The fourth-order valence-corrected chi connectivity index (χ4v) is 2.72. The molecule has 6 nitrogen and oxygen atoms in total. The quantitative estimate of drug-likeness (QED) is 0.732. The molecule has 2 rings (SSSR count). The van der Waals surface area contributed by atoms with E-state index in [1.54, 1.807) is 0 Å². The molecule has 0 aromatic carbocycles. The van der Waals surface area contributed by atoms with Gasteiger partial charge >= 0.3 is 0 Å². The van der Waals surface area contributed by atoms with Gasteiger partial charge in [-0.05, 0) is 33.1 Å². The van der Waals surface area contributed by atoms with Crippen molar-refractivity contribution < 1.29 is 9.90 Å². The summed E-state index contributed by atoms with van der Waals surface area (Å²) in [5, 5.41) is 16.4. The molecule has 0 fully saturated rings. The van der Waals surface area contributed by atoms with E-state index in [4.69, 9.17) is 10.8 Å². The second-order valence-corrected chi connectivity index (χ2v) is 6.17. The molecule has 6 heteroatoms. The van der Waals surface area contributed by atoms with Crippen molar-refractivity contribution in [1.29, 1.82) is 0 Å². The Balaban J connectivity index is 2.07. The Bertz CT molecular complexity index is 476. The van der Waals surface area contributed by atoms with Crippen molar-refractivity contribution in [3.8, 4) is 0 Å². The zero-order chi connectivity index (χ0) is 14.8. The smallest absolute Gasteiger partial charge is 0.222 e. The van der Waals surface area contributed by atoms with Crippen LogP contribution in [0.4, 0.5) is 0 Å². The molecule has 1 aromatic heterocycles. The van der Waals surface area contributed by atoms with E-state index in [0.29, 0.717) is 13.0 Å². The molecule has 1 amide bonds. The molecular weight excluding hydrogens is 256 g/mol. The van der Waals surface area contributed by atoms with Gasteiger partial charge in [0.1, 0.15) is 0 Å². The Morgan fingerprint density at radius 2 is 2.40 bits per heavy atom. The number of carbonyl (C=O) groups is 1. The predicted molar refractivity (Wildman–Crippen MR) is 76.0 cm³/mol. The lowest BCUT2D eigenvalue weighted by atomic mass is 9.92. The summed E-state index contributed by atoms with van der Waals surface area (Å²) in [4.78, 5) is 12.0. The summed E-state index contributed by atoms with van der Waals surface area (Å²) in [5.74, 6) is -0.0229. The molecule has 0 spiro atoms. The first-order chi connectivity index (χ1) is 9.40. The van der Waals surface area contributed by atoms with Crippen LogP contribution in [0.1, 0.15) is 50.4 Å². The fraction of sp³-hybridized carbons (Fsp3) is 0.714. The number of aliphatic hydroxyl groups excluding tert-OH is 1. The van der Waals surface area contributed by atoms with Gasteiger partial charge in [-0.25, -0.2) is 0 Å². The first-order valence-electron chi connectivity index (χ1n) is 7.14. The summed E-state index contributed by atoms with van der Waals surface area (Å²) >= 11 is 0. The molecule has 0 radical (unpaired) electrons. The minimum Gasteiger partial charge on any atom is -0.394 e. The van der Waals surface area contributed by atoms with E-state index < -0.39 is 5.54 Å². The molecule has 1 unspecified atom stereocenters. The van der Waals surface area contributed by atoms with Gasteiger partial charge in [0.15, 0.2) is 0 Å². The third-order valence-electron chi connectivity index (χ3n) is 3.53. The van der Waals surface area contributed by atoms with Gasteiger partial charge in [0.25, 0.3) is 0 Å². The van der Waals surface area contributed by atoms with Crippen LogP contribution in [0.3, 0.4) is 0 Å². The zero-order valence-corrected chi connectivity index (χ0v) is 12.2. The molecule has 20 heavy (non-hydrogen) atoms. The van der Waals surface area contributed by atoms with Gasteiger partial charge in [-0.15, -0.1) is 0 Å². The number of aromatic nitrogens is 2. The molecule has 0 saturated carbocycles. The molecule has 0 bridgehead atoms. The Labute approximate surface area is 119 Å². The van der Waals surface area contributed by atoms with Crippen LogP contribution in [0, 0.1) is 0 Å². The lowest BCUT2D eigenvalue weighted by Crippen LogP contribution is -2.40. The van der Waals surface area contributed by atoms with Crippen LogP contribution in [0.5, 0.6) is 0 Å². The normalized spacial score (nSPS) is 18.7. The van der Waals surface area contributed by atoms with Crippen LogP contribution in [0.25, 0.3) is 0 Å². The Morgan fingerprint density at radius 3 is 3.05 bits per heavy atom. The lowest BCUT2D eigenvalue weighted by molar-refractivity contribution is -0.122. The molecule has 1 aliphatic carbocycles. The monoisotopic (exact) mass is 280 g/mol. The van der Waals surface area contributed by atoms with E-state index in [-0.39, 0.29) is 18.6 Å². The van der Waals surface area contributed by atoms with Crippen molar-refractivity contribution in [1.82, 2.24) is 15.1 Å². The number of nitrogens with zero attached hydrogens (tertiary/aromatic N) is 2. The fourth-order valence-electron chi connectivity index (χ4n) is 2.72. The van der Waals surface area contributed by atoms with Gasteiger partial charge in [-0.1, -0.05) is 0 Å². The SMILES string of the molecule is CC(C)(N)CC(=O)NC1CCCc2c1cnn2CCO. The van der Waals surface area contributed by atoms with Crippen LogP contribution in [0.2, 0.25) is 0 Å². The number of hydrogen-bond donors (Lipinski definition) is 3. The van der Waals surface area contributed by atoms with E-state index >= 15 is 0 Å². The van der Waals surface area contributed by atoms with E-state index in [1.165, 1.54) is 0 Å². The topological polar surface area (TPSA) is 93.2 Å². The highest BCUT2D eigenvalue weighted by atomic mass is 16.3. The first kappa shape index (κ1) is 15.0. The van der Waals surface area contributed by atoms with E-state index in [2.05, 4.69) is 10.4 Å². The van der Waals surface area contributed by atoms with Crippen molar-refractivity contribution in [2.45, 2.75) is 57.7 Å². The molecule has 112 valence electrons. The van der Waals surface area contributed by atoms with Gasteiger partial charge in [-0.2, -0.15) is 5.10 Å². The molecule has 1 heterocycles. The van der Waals surface area contributed by atoms with Crippen LogP contribution in [0.15, 0.2) is 6.20 Å². The Hall–Kier alpha value is -1.40.